The number of methoxy groups -OCH3 is 1. The van der Waals surface area contributed by atoms with Crippen LogP contribution in [0.4, 0.5) is 5.82 Å². The van der Waals surface area contributed by atoms with Crippen LogP contribution in [0.3, 0.4) is 0 Å². The highest BCUT2D eigenvalue weighted by molar-refractivity contribution is 5.94. The Labute approximate surface area is 168 Å². The highest BCUT2D eigenvalue weighted by Gasteiger charge is 2.22. The van der Waals surface area contributed by atoms with E-state index in [2.05, 4.69) is 35.8 Å². The van der Waals surface area contributed by atoms with Gasteiger partial charge in [-0.3, -0.25) is 9.59 Å². The normalized spacial score (nSPS) is 10.9. The first-order chi connectivity index (χ1) is 14.4. The van der Waals surface area contributed by atoms with E-state index in [1.165, 1.54) is 13.3 Å². The van der Waals surface area contributed by atoms with Crippen LogP contribution < -0.4 is 26.4 Å². The Balaban J connectivity index is 1.73. The topological polar surface area (TPSA) is 199 Å². The molecular formula is C16H17N9O5. The van der Waals surface area contributed by atoms with Crippen LogP contribution in [0.15, 0.2) is 27.9 Å². The van der Waals surface area contributed by atoms with Crippen LogP contribution in [0.2, 0.25) is 0 Å². The second kappa shape index (κ2) is 8.68. The third-order valence-corrected chi connectivity index (χ3v) is 3.69. The van der Waals surface area contributed by atoms with Gasteiger partial charge in [0.1, 0.15) is 0 Å². The molecule has 5 N–H and O–H groups in total. The average Bonchev–Trinajstić information content (AvgIpc) is 3.31. The lowest BCUT2D eigenvalue weighted by atomic mass is 10.2. The van der Waals surface area contributed by atoms with Crippen LogP contribution in [-0.4, -0.2) is 57.1 Å². The van der Waals surface area contributed by atoms with Crippen molar-refractivity contribution in [2.24, 2.45) is 10.8 Å². The SMILES string of the molecule is COc1cc(/C=N\NC(=O)c2c(C)nnn2-c2nonc2N)ccc1OCC(N)=O. The van der Waals surface area contributed by atoms with Crippen molar-refractivity contribution in [2.45, 2.75) is 6.92 Å². The molecule has 0 saturated heterocycles. The third-order valence-electron chi connectivity index (χ3n) is 3.69. The molecule has 3 aromatic rings. The molecule has 3 rings (SSSR count). The number of aryl methyl sites for hydroxylation is 1. The first-order valence-corrected chi connectivity index (χ1v) is 8.34. The first kappa shape index (κ1) is 20.2. The van der Waals surface area contributed by atoms with E-state index >= 15 is 0 Å². The van der Waals surface area contributed by atoms with Crippen molar-refractivity contribution in [3.05, 3.63) is 35.2 Å². The minimum atomic E-state index is -0.613. The Bertz CT molecular complexity index is 1100. The molecule has 0 atom stereocenters. The van der Waals surface area contributed by atoms with Gasteiger partial charge in [-0.2, -0.15) is 9.78 Å². The zero-order chi connectivity index (χ0) is 21.7. The van der Waals surface area contributed by atoms with Crippen LogP contribution in [0.5, 0.6) is 11.5 Å². The van der Waals surface area contributed by atoms with Crippen LogP contribution in [0.1, 0.15) is 21.7 Å². The molecular weight excluding hydrogens is 398 g/mol. The van der Waals surface area contributed by atoms with Gasteiger partial charge >= 0.3 is 0 Å². The van der Waals surface area contributed by atoms with E-state index in [0.717, 1.165) is 4.68 Å². The molecule has 0 spiro atoms. The number of carbonyl (C=O) groups excluding carboxylic acids is 2. The van der Waals surface area contributed by atoms with Gasteiger partial charge in [0.15, 0.2) is 23.8 Å². The number of primary amides is 1. The maximum Gasteiger partial charge on any atom is 0.292 e. The summed E-state index contributed by atoms with van der Waals surface area (Å²) in [6.07, 6.45) is 1.38. The molecule has 0 radical (unpaired) electrons. The van der Waals surface area contributed by atoms with Gasteiger partial charge in [0.2, 0.25) is 11.6 Å². The van der Waals surface area contributed by atoms with Crippen molar-refractivity contribution >= 4 is 23.8 Å². The van der Waals surface area contributed by atoms with Crippen LogP contribution >= 0.6 is 0 Å². The number of ether oxygens (including phenoxy) is 2. The van der Waals surface area contributed by atoms with Crippen molar-refractivity contribution in [1.29, 1.82) is 0 Å². The van der Waals surface area contributed by atoms with Gasteiger partial charge < -0.3 is 20.9 Å². The number of hydrogen-bond donors (Lipinski definition) is 3. The summed E-state index contributed by atoms with van der Waals surface area (Å²) in [5, 5.41) is 18.6. The number of nitrogens with two attached hydrogens (primary N) is 2. The molecule has 2 amide bonds. The van der Waals surface area contributed by atoms with E-state index in [0.29, 0.717) is 22.8 Å². The zero-order valence-corrected chi connectivity index (χ0v) is 15.9. The lowest BCUT2D eigenvalue weighted by molar-refractivity contribution is -0.119. The molecule has 0 aliphatic carbocycles. The summed E-state index contributed by atoms with van der Waals surface area (Å²) in [5.41, 5.74) is 14.0. The van der Waals surface area contributed by atoms with E-state index in [1.807, 2.05) is 0 Å². The summed E-state index contributed by atoms with van der Waals surface area (Å²) in [7, 11) is 1.44. The van der Waals surface area contributed by atoms with Crippen molar-refractivity contribution in [1.82, 2.24) is 30.7 Å². The fraction of sp³-hybridized carbons (Fsp3) is 0.188. The van der Waals surface area contributed by atoms with Crippen molar-refractivity contribution in [2.75, 3.05) is 19.5 Å². The largest absolute Gasteiger partial charge is 0.493 e. The van der Waals surface area contributed by atoms with E-state index in [1.54, 1.807) is 25.1 Å². The number of rotatable bonds is 8. The zero-order valence-electron chi connectivity index (χ0n) is 15.9. The second-order valence-electron chi connectivity index (χ2n) is 5.77. The number of nitrogens with zero attached hydrogens (tertiary/aromatic N) is 6. The summed E-state index contributed by atoms with van der Waals surface area (Å²) < 4.78 is 16.1. The van der Waals surface area contributed by atoms with Gasteiger partial charge in [0.05, 0.1) is 19.0 Å². The smallest absolute Gasteiger partial charge is 0.292 e. The lowest BCUT2D eigenvalue weighted by Crippen LogP contribution is -2.22. The Morgan fingerprint density at radius 3 is 2.80 bits per heavy atom. The van der Waals surface area contributed by atoms with Gasteiger partial charge in [-0.15, -0.1) is 5.10 Å². The van der Waals surface area contributed by atoms with E-state index in [9.17, 15) is 9.59 Å². The molecule has 0 aliphatic heterocycles. The van der Waals surface area contributed by atoms with Crippen molar-refractivity contribution in [3.63, 3.8) is 0 Å². The molecule has 1 aromatic carbocycles. The summed E-state index contributed by atoms with van der Waals surface area (Å²) in [5.74, 6) is -0.549. The van der Waals surface area contributed by atoms with Crippen LogP contribution in [0.25, 0.3) is 5.82 Å². The number of hydrazone groups is 1. The summed E-state index contributed by atoms with van der Waals surface area (Å²) in [6, 6.07) is 4.83. The molecule has 14 nitrogen and oxygen atoms in total. The van der Waals surface area contributed by atoms with Crippen LogP contribution in [-0.2, 0) is 4.79 Å². The fourth-order valence-electron chi connectivity index (χ4n) is 2.35. The third kappa shape index (κ3) is 4.32. The molecule has 156 valence electrons. The maximum absolute atomic E-state index is 12.5. The quantitative estimate of drug-likeness (QED) is 0.308. The van der Waals surface area contributed by atoms with Crippen molar-refractivity contribution in [3.8, 4) is 17.3 Å². The molecule has 14 heteroatoms. The fourth-order valence-corrected chi connectivity index (χ4v) is 2.35. The second-order valence-corrected chi connectivity index (χ2v) is 5.77. The predicted molar refractivity (Wildman–Crippen MR) is 101 cm³/mol. The van der Waals surface area contributed by atoms with E-state index in [4.69, 9.17) is 20.9 Å². The summed E-state index contributed by atoms with van der Waals surface area (Å²) >= 11 is 0. The number of hydrogen-bond acceptors (Lipinski definition) is 11. The molecule has 30 heavy (non-hydrogen) atoms. The lowest BCUT2D eigenvalue weighted by Gasteiger charge is -2.09. The van der Waals surface area contributed by atoms with Gasteiger partial charge in [0, 0.05) is 0 Å². The Hall–Kier alpha value is -4.49. The molecule has 0 aliphatic rings. The number of nitrogens with one attached hydrogen (secondary N) is 1. The average molecular weight is 415 g/mol. The minimum Gasteiger partial charge on any atom is -0.493 e. The number of benzene rings is 1. The van der Waals surface area contributed by atoms with Gasteiger partial charge in [-0.25, -0.2) is 10.1 Å². The first-order valence-electron chi connectivity index (χ1n) is 8.34. The monoisotopic (exact) mass is 415 g/mol. The molecule has 0 unspecified atom stereocenters. The number of anilines is 1. The minimum absolute atomic E-state index is 0.0287. The molecule has 2 aromatic heterocycles. The Morgan fingerprint density at radius 2 is 2.13 bits per heavy atom. The molecule has 0 fully saturated rings. The number of carbonyl (C=O) groups is 2. The molecule has 0 bridgehead atoms. The molecule has 2 heterocycles. The molecule has 0 saturated carbocycles. The number of amides is 2. The predicted octanol–water partition coefficient (Wildman–Crippen LogP) is -0.822. The number of aromatic nitrogens is 5. The highest BCUT2D eigenvalue weighted by Crippen LogP contribution is 2.27. The standard InChI is InChI=1S/C16H17N9O5/c1-8-13(25(24-20-8)15-14(18)22-30-23-15)16(27)21-19-6-9-3-4-10(11(5-9)28-2)29-7-12(17)26/h3-6H,7H2,1-2H3,(H2,17,26)(H2,18,22)(H,21,27)/b19-6-. The summed E-state index contributed by atoms with van der Waals surface area (Å²) in [4.78, 5) is 23.4. The summed E-state index contributed by atoms with van der Waals surface area (Å²) in [6.45, 7) is 1.30. The van der Waals surface area contributed by atoms with E-state index in [-0.39, 0.29) is 23.9 Å². The van der Waals surface area contributed by atoms with E-state index < -0.39 is 11.8 Å². The van der Waals surface area contributed by atoms with Crippen LogP contribution in [0, 0.1) is 6.92 Å². The van der Waals surface area contributed by atoms with Gasteiger partial charge in [-0.1, -0.05) is 5.21 Å². The Kier molecular flexibility index (Phi) is 5.86. The van der Waals surface area contributed by atoms with Gasteiger partial charge in [-0.05, 0) is 41.0 Å². The maximum atomic E-state index is 12.5. The highest BCUT2D eigenvalue weighted by atomic mass is 16.6. The van der Waals surface area contributed by atoms with Gasteiger partial charge in [0.25, 0.3) is 11.8 Å². The van der Waals surface area contributed by atoms with Crippen molar-refractivity contribution < 1.29 is 23.7 Å². The Morgan fingerprint density at radius 1 is 1.33 bits per heavy atom. The number of nitrogen functional groups attached to an aromatic ring is 1.